The zero-order valence-corrected chi connectivity index (χ0v) is 21.8. The van der Waals surface area contributed by atoms with Gasteiger partial charge in [-0.2, -0.15) is 0 Å². The fraction of sp³-hybridized carbons (Fsp3) is 0.538. The third-order valence-corrected chi connectivity index (χ3v) is 5.90. The molecule has 1 saturated heterocycles. The molecule has 0 aliphatic carbocycles. The number of carbonyl (C=O) groups is 4. The predicted octanol–water partition coefficient (Wildman–Crippen LogP) is 3.10. The molecule has 1 atom stereocenters. The molecule has 200 valence electrons. The molecule has 3 rings (SSSR count). The first-order chi connectivity index (χ1) is 17.5. The number of alkyl carbamates (subject to hydrolysis) is 1. The minimum Gasteiger partial charge on any atom is -0.444 e. The first kappa shape index (κ1) is 27.8. The van der Waals surface area contributed by atoms with Crippen molar-refractivity contribution in [2.45, 2.75) is 84.3 Å². The van der Waals surface area contributed by atoms with Crippen LogP contribution in [0.15, 0.2) is 23.0 Å². The van der Waals surface area contributed by atoms with E-state index in [0.717, 1.165) is 19.3 Å². The number of unbranched alkanes of at least 4 members (excludes halogenated alkanes) is 3. The fourth-order valence-corrected chi connectivity index (χ4v) is 4.21. The SMILES string of the molecule is Cc1nc2c(NC(=O)CCCCCCNC(=O)OC(C)(C)C)cccc2c(=O)n1C1CCC(=O)NC1=O. The molecule has 2 aromatic rings. The Morgan fingerprint density at radius 1 is 1.14 bits per heavy atom. The van der Waals surface area contributed by atoms with Crippen molar-refractivity contribution in [3.05, 3.63) is 34.4 Å². The number of nitrogens with zero attached hydrogens (tertiary/aromatic N) is 2. The Morgan fingerprint density at radius 3 is 2.57 bits per heavy atom. The van der Waals surface area contributed by atoms with Crippen molar-refractivity contribution in [1.29, 1.82) is 0 Å². The fourth-order valence-electron chi connectivity index (χ4n) is 4.21. The molecule has 0 saturated carbocycles. The Hall–Kier alpha value is -3.76. The van der Waals surface area contributed by atoms with E-state index >= 15 is 0 Å². The minimum atomic E-state index is -0.806. The largest absolute Gasteiger partial charge is 0.444 e. The van der Waals surface area contributed by atoms with Crippen molar-refractivity contribution >= 4 is 40.4 Å². The quantitative estimate of drug-likeness (QED) is 0.345. The first-order valence-electron chi connectivity index (χ1n) is 12.6. The van der Waals surface area contributed by atoms with Crippen LogP contribution in [0.5, 0.6) is 0 Å². The molecule has 11 heteroatoms. The van der Waals surface area contributed by atoms with E-state index in [9.17, 15) is 24.0 Å². The Labute approximate surface area is 215 Å². The van der Waals surface area contributed by atoms with Crippen molar-refractivity contribution in [2.75, 3.05) is 11.9 Å². The van der Waals surface area contributed by atoms with Gasteiger partial charge in [0.15, 0.2) is 0 Å². The summed E-state index contributed by atoms with van der Waals surface area (Å²) in [5, 5.41) is 8.11. The van der Waals surface area contributed by atoms with Gasteiger partial charge in [0, 0.05) is 19.4 Å². The van der Waals surface area contributed by atoms with Crippen molar-refractivity contribution in [2.24, 2.45) is 0 Å². The van der Waals surface area contributed by atoms with Crippen molar-refractivity contribution in [1.82, 2.24) is 20.2 Å². The average Bonchev–Trinajstić information content (AvgIpc) is 2.79. The van der Waals surface area contributed by atoms with Gasteiger partial charge < -0.3 is 15.4 Å². The van der Waals surface area contributed by atoms with Gasteiger partial charge in [0.1, 0.15) is 23.0 Å². The Morgan fingerprint density at radius 2 is 1.86 bits per heavy atom. The standard InChI is InChI=1S/C26H35N5O6/c1-16-28-22-17(24(35)31(16)19-13-14-21(33)30-23(19)34)10-9-11-18(22)29-20(32)12-7-5-6-8-15-27-25(36)37-26(2,3)4/h9-11,19H,5-8,12-15H2,1-4H3,(H,27,36)(H,29,32)(H,30,33,34). The van der Waals surface area contributed by atoms with Crippen LogP contribution in [0.25, 0.3) is 10.9 Å². The van der Waals surface area contributed by atoms with Crippen LogP contribution in [0.4, 0.5) is 10.5 Å². The van der Waals surface area contributed by atoms with Gasteiger partial charge in [-0.3, -0.25) is 29.1 Å². The number of rotatable bonds is 9. The highest BCUT2D eigenvalue weighted by molar-refractivity contribution is 6.01. The maximum absolute atomic E-state index is 13.2. The van der Waals surface area contributed by atoms with E-state index in [1.807, 2.05) is 20.8 Å². The van der Waals surface area contributed by atoms with Gasteiger partial charge in [-0.25, -0.2) is 9.78 Å². The second-order valence-electron chi connectivity index (χ2n) is 10.1. The Balaban J connectivity index is 1.54. The van der Waals surface area contributed by atoms with Crippen LogP contribution in [-0.4, -0.2) is 45.5 Å². The number of aryl methyl sites for hydroxylation is 1. The molecule has 37 heavy (non-hydrogen) atoms. The van der Waals surface area contributed by atoms with Crippen LogP contribution >= 0.6 is 0 Å². The summed E-state index contributed by atoms with van der Waals surface area (Å²) < 4.78 is 6.50. The summed E-state index contributed by atoms with van der Waals surface area (Å²) in [6.07, 6.45) is 3.40. The van der Waals surface area contributed by atoms with Crippen LogP contribution in [0.2, 0.25) is 0 Å². The van der Waals surface area contributed by atoms with Gasteiger partial charge in [-0.1, -0.05) is 18.9 Å². The lowest BCUT2D eigenvalue weighted by molar-refractivity contribution is -0.135. The average molecular weight is 514 g/mol. The molecule has 3 N–H and O–H groups in total. The highest BCUT2D eigenvalue weighted by atomic mass is 16.6. The molecular weight excluding hydrogens is 478 g/mol. The molecule has 1 unspecified atom stereocenters. The van der Waals surface area contributed by atoms with Crippen LogP contribution in [-0.2, 0) is 19.1 Å². The number of anilines is 1. The summed E-state index contributed by atoms with van der Waals surface area (Å²) in [7, 11) is 0. The van der Waals surface area contributed by atoms with E-state index in [4.69, 9.17) is 4.74 Å². The van der Waals surface area contributed by atoms with E-state index < -0.39 is 29.2 Å². The third-order valence-electron chi connectivity index (χ3n) is 5.90. The number of para-hydroxylation sites is 1. The minimum absolute atomic E-state index is 0.149. The molecule has 1 fully saturated rings. The maximum Gasteiger partial charge on any atom is 0.407 e. The highest BCUT2D eigenvalue weighted by Gasteiger charge is 2.30. The molecule has 2 heterocycles. The van der Waals surface area contributed by atoms with Crippen LogP contribution in [0, 0.1) is 6.92 Å². The lowest BCUT2D eigenvalue weighted by atomic mass is 10.1. The number of benzene rings is 1. The van der Waals surface area contributed by atoms with Gasteiger partial charge in [-0.05, 0) is 59.1 Å². The summed E-state index contributed by atoms with van der Waals surface area (Å²) in [5.74, 6) is -0.738. The summed E-state index contributed by atoms with van der Waals surface area (Å²) in [6, 6.07) is 4.14. The molecule has 1 aromatic heterocycles. The number of ether oxygens (including phenoxy) is 1. The molecule has 11 nitrogen and oxygen atoms in total. The third kappa shape index (κ3) is 7.61. The zero-order chi connectivity index (χ0) is 27.2. The zero-order valence-electron chi connectivity index (χ0n) is 21.8. The molecule has 1 aromatic carbocycles. The number of fused-ring (bicyclic) bond motifs is 1. The normalized spacial score (nSPS) is 15.8. The second kappa shape index (κ2) is 12.0. The highest BCUT2D eigenvalue weighted by Crippen LogP contribution is 2.23. The molecule has 0 bridgehead atoms. The molecule has 1 aliphatic heterocycles. The number of hydrogen-bond acceptors (Lipinski definition) is 7. The Bertz CT molecular complexity index is 1250. The molecule has 1 aliphatic rings. The molecule has 0 spiro atoms. The number of carbonyl (C=O) groups excluding carboxylic acids is 4. The number of imide groups is 1. The predicted molar refractivity (Wildman–Crippen MR) is 138 cm³/mol. The number of piperidine rings is 1. The van der Waals surface area contributed by atoms with Gasteiger partial charge in [0.05, 0.1) is 11.1 Å². The van der Waals surface area contributed by atoms with E-state index in [1.54, 1.807) is 25.1 Å². The van der Waals surface area contributed by atoms with E-state index in [2.05, 4.69) is 20.9 Å². The number of hydrogen-bond donors (Lipinski definition) is 3. The molecular formula is C26H35N5O6. The van der Waals surface area contributed by atoms with Crippen LogP contribution in [0.1, 0.15) is 77.6 Å². The van der Waals surface area contributed by atoms with Gasteiger partial charge in [0.25, 0.3) is 5.56 Å². The van der Waals surface area contributed by atoms with E-state index in [1.165, 1.54) is 4.57 Å². The Kier molecular flexibility index (Phi) is 9.01. The lowest BCUT2D eigenvalue weighted by Gasteiger charge is -2.24. The first-order valence-corrected chi connectivity index (χ1v) is 12.6. The van der Waals surface area contributed by atoms with E-state index in [0.29, 0.717) is 36.4 Å². The molecule has 0 radical (unpaired) electrons. The maximum atomic E-state index is 13.2. The topological polar surface area (TPSA) is 148 Å². The van der Waals surface area contributed by atoms with Crippen molar-refractivity contribution in [3.8, 4) is 0 Å². The number of amides is 4. The number of aromatic nitrogens is 2. The van der Waals surface area contributed by atoms with Gasteiger partial charge >= 0.3 is 6.09 Å². The van der Waals surface area contributed by atoms with Gasteiger partial charge in [-0.15, -0.1) is 0 Å². The van der Waals surface area contributed by atoms with Crippen molar-refractivity contribution in [3.63, 3.8) is 0 Å². The smallest absolute Gasteiger partial charge is 0.407 e. The van der Waals surface area contributed by atoms with Gasteiger partial charge in [0.2, 0.25) is 17.7 Å². The summed E-state index contributed by atoms with van der Waals surface area (Å²) in [6.45, 7) is 7.57. The monoisotopic (exact) mass is 513 g/mol. The van der Waals surface area contributed by atoms with Crippen LogP contribution in [0.3, 0.4) is 0 Å². The second-order valence-corrected chi connectivity index (χ2v) is 10.1. The number of nitrogens with one attached hydrogen (secondary N) is 3. The van der Waals surface area contributed by atoms with Crippen LogP contribution < -0.4 is 21.5 Å². The summed E-state index contributed by atoms with van der Waals surface area (Å²) in [4.78, 5) is 65.7. The van der Waals surface area contributed by atoms with E-state index in [-0.39, 0.29) is 30.0 Å². The summed E-state index contributed by atoms with van der Waals surface area (Å²) in [5.41, 5.74) is -0.137. The summed E-state index contributed by atoms with van der Waals surface area (Å²) >= 11 is 0. The van der Waals surface area contributed by atoms with Crippen molar-refractivity contribution < 1.29 is 23.9 Å². The molecule has 4 amide bonds. The lowest BCUT2D eigenvalue weighted by Crippen LogP contribution is -2.45.